The molecule has 0 N–H and O–H groups in total. The van der Waals surface area contributed by atoms with Gasteiger partial charge in [0.15, 0.2) is 0 Å². The maximum Gasteiger partial charge on any atom is 0.268 e. The first-order valence-electron chi connectivity index (χ1n) is 8.18. The van der Waals surface area contributed by atoms with E-state index in [-0.39, 0.29) is 4.90 Å². The van der Waals surface area contributed by atoms with Gasteiger partial charge in [0.05, 0.1) is 17.0 Å². The zero-order valence-electron chi connectivity index (χ0n) is 14.4. The molecule has 25 heavy (non-hydrogen) atoms. The normalized spacial score (nSPS) is 12.0. The monoisotopic (exact) mass is 358 g/mol. The highest BCUT2D eigenvalue weighted by molar-refractivity contribution is 7.90. The molecular weight excluding hydrogens is 336 g/mol. The van der Waals surface area contributed by atoms with Gasteiger partial charge in [-0.25, -0.2) is 12.4 Å². The summed E-state index contributed by atoms with van der Waals surface area (Å²) in [5, 5.41) is 0.891. The van der Waals surface area contributed by atoms with Crippen LogP contribution in [0.2, 0.25) is 0 Å². The summed E-state index contributed by atoms with van der Waals surface area (Å²) in [4.78, 5) is 2.31. The van der Waals surface area contributed by atoms with Crippen LogP contribution in [0.25, 0.3) is 10.9 Å². The number of fused-ring (bicyclic) bond motifs is 1. The number of para-hydroxylation sites is 1. The highest BCUT2D eigenvalue weighted by Crippen LogP contribution is 2.24. The molecule has 1 aromatic heterocycles. The molecule has 0 saturated heterocycles. The van der Waals surface area contributed by atoms with Gasteiger partial charge < -0.3 is 9.64 Å². The van der Waals surface area contributed by atoms with Crippen molar-refractivity contribution < 1.29 is 13.2 Å². The predicted molar refractivity (Wildman–Crippen MR) is 99.6 cm³/mol. The topological polar surface area (TPSA) is 51.5 Å². The third-order valence-electron chi connectivity index (χ3n) is 3.94. The SMILES string of the molecule is CN(C)CCCOc1cccc(S(=O)(=O)n2ccc3ccccc32)c1. The lowest BCUT2D eigenvalue weighted by molar-refractivity contribution is 0.281. The summed E-state index contributed by atoms with van der Waals surface area (Å²) in [5.41, 5.74) is 0.666. The third-order valence-corrected chi connectivity index (χ3v) is 5.63. The third kappa shape index (κ3) is 3.86. The molecule has 1 heterocycles. The Kier molecular flexibility index (Phi) is 5.11. The van der Waals surface area contributed by atoms with E-state index in [1.54, 1.807) is 42.6 Å². The smallest absolute Gasteiger partial charge is 0.268 e. The van der Waals surface area contributed by atoms with Crippen LogP contribution in [0.1, 0.15) is 6.42 Å². The van der Waals surface area contributed by atoms with E-state index < -0.39 is 10.0 Å². The first-order chi connectivity index (χ1) is 12.0. The summed E-state index contributed by atoms with van der Waals surface area (Å²) in [7, 11) is 0.357. The van der Waals surface area contributed by atoms with E-state index in [1.165, 1.54) is 3.97 Å². The molecule has 0 bridgehead atoms. The van der Waals surface area contributed by atoms with Crippen LogP contribution in [-0.4, -0.2) is 44.5 Å². The molecule has 0 spiro atoms. The maximum atomic E-state index is 13.0. The lowest BCUT2D eigenvalue weighted by atomic mass is 10.3. The Balaban J connectivity index is 1.84. The van der Waals surface area contributed by atoms with Gasteiger partial charge in [0, 0.05) is 24.2 Å². The summed E-state index contributed by atoms with van der Waals surface area (Å²) >= 11 is 0. The molecule has 6 heteroatoms. The molecular formula is C19H22N2O3S. The van der Waals surface area contributed by atoms with Crippen LogP contribution in [0.3, 0.4) is 0 Å². The Morgan fingerprint density at radius 2 is 1.84 bits per heavy atom. The molecule has 0 amide bonds. The number of ether oxygens (including phenoxy) is 1. The van der Waals surface area contributed by atoms with Gasteiger partial charge in [0.25, 0.3) is 10.0 Å². The van der Waals surface area contributed by atoms with E-state index in [9.17, 15) is 8.42 Å². The summed E-state index contributed by atoms with van der Waals surface area (Å²) in [6.07, 6.45) is 2.47. The Morgan fingerprint density at radius 1 is 1.04 bits per heavy atom. The van der Waals surface area contributed by atoms with Crippen molar-refractivity contribution in [3.8, 4) is 5.75 Å². The van der Waals surface area contributed by atoms with Crippen molar-refractivity contribution >= 4 is 20.9 Å². The summed E-state index contributed by atoms with van der Waals surface area (Å²) in [6, 6.07) is 15.9. The van der Waals surface area contributed by atoms with Gasteiger partial charge in [-0.05, 0) is 44.8 Å². The van der Waals surface area contributed by atoms with Gasteiger partial charge in [-0.1, -0.05) is 24.3 Å². The molecule has 0 aliphatic rings. The van der Waals surface area contributed by atoms with E-state index in [1.807, 2.05) is 32.3 Å². The molecule has 2 aromatic carbocycles. The average Bonchev–Trinajstić information content (AvgIpc) is 3.04. The van der Waals surface area contributed by atoms with Crippen molar-refractivity contribution in [2.75, 3.05) is 27.2 Å². The van der Waals surface area contributed by atoms with Crippen LogP contribution < -0.4 is 4.74 Å². The minimum absolute atomic E-state index is 0.221. The fourth-order valence-corrected chi connectivity index (χ4v) is 4.06. The molecule has 0 atom stereocenters. The number of aromatic nitrogens is 1. The van der Waals surface area contributed by atoms with Gasteiger partial charge >= 0.3 is 0 Å². The van der Waals surface area contributed by atoms with Gasteiger partial charge in [0.2, 0.25) is 0 Å². The van der Waals surface area contributed by atoms with Crippen LogP contribution in [0.4, 0.5) is 0 Å². The fraction of sp³-hybridized carbons (Fsp3) is 0.263. The second-order valence-electron chi connectivity index (χ2n) is 6.16. The van der Waals surface area contributed by atoms with E-state index in [4.69, 9.17) is 4.74 Å². The van der Waals surface area contributed by atoms with E-state index in [0.717, 1.165) is 18.4 Å². The van der Waals surface area contributed by atoms with E-state index in [0.29, 0.717) is 17.9 Å². The molecule has 0 aliphatic carbocycles. The van der Waals surface area contributed by atoms with Crippen LogP contribution in [0.5, 0.6) is 5.75 Å². The van der Waals surface area contributed by atoms with Crippen LogP contribution in [-0.2, 0) is 10.0 Å². The molecule has 3 rings (SSSR count). The summed E-state index contributed by atoms with van der Waals surface area (Å²) < 4.78 is 33.0. The Bertz CT molecular complexity index is 961. The Hall–Kier alpha value is -2.31. The van der Waals surface area contributed by atoms with E-state index in [2.05, 4.69) is 4.90 Å². The van der Waals surface area contributed by atoms with Crippen LogP contribution in [0, 0.1) is 0 Å². The quantitative estimate of drug-likeness (QED) is 0.609. The zero-order valence-corrected chi connectivity index (χ0v) is 15.2. The number of benzene rings is 2. The van der Waals surface area contributed by atoms with Gasteiger partial charge in [-0.15, -0.1) is 0 Å². The molecule has 132 valence electrons. The maximum absolute atomic E-state index is 13.0. The van der Waals surface area contributed by atoms with Crippen molar-refractivity contribution in [2.24, 2.45) is 0 Å². The van der Waals surface area contributed by atoms with Gasteiger partial charge in [-0.3, -0.25) is 0 Å². The lowest BCUT2D eigenvalue weighted by Crippen LogP contribution is -2.15. The first-order valence-corrected chi connectivity index (χ1v) is 9.62. The minimum Gasteiger partial charge on any atom is -0.494 e. The van der Waals surface area contributed by atoms with Gasteiger partial charge in [0.1, 0.15) is 5.75 Å². The molecule has 0 fully saturated rings. The van der Waals surface area contributed by atoms with Crippen molar-refractivity contribution in [1.29, 1.82) is 0 Å². The predicted octanol–water partition coefficient (Wildman–Crippen LogP) is 3.21. The van der Waals surface area contributed by atoms with Crippen molar-refractivity contribution in [2.45, 2.75) is 11.3 Å². The van der Waals surface area contributed by atoms with Crippen LogP contribution in [0.15, 0.2) is 65.7 Å². The molecule has 5 nitrogen and oxygen atoms in total. The van der Waals surface area contributed by atoms with Crippen LogP contribution >= 0.6 is 0 Å². The molecule has 0 aliphatic heterocycles. The standard InChI is InChI=1S/C19H22N2O3S/c1-20(2)12-6-14-24-17-8-5-9-18(15-17)25(22,23)21-13-11-16-7-3-4-10-19(16)21/h3-5,7-11,13,15H,6,12,14H2,1-2H3. The number of hydrogen-bond acceptors (Lipinski definition) is 4. The first kappa shape index (κ1) is 17.5. The Morgan fingerprint density at radius 3 is 2.64 bits per heavy atom. The fourth-order valence-electron chi connectivity index (χ4n) is 2.68. The highest BCUT2D eigenvalue weighted by Gasteiger charge is 2.19. The minimum atomic E-state index is -3.66. The number of hydrogen-bond donors (Lipinski definition) is 0. The Labute approximate surface area is 148 Å². The second-order valence-corrected chi connectivity index (χ2v) is 7.97. The summed E-state index contributed by atoms with van der Waals surface area (Å²) in [5.74, 6) is 0.566. The van der Waals surface area contributed by atoms with Crippen molar-refractivity contribution in [3.63, 3.8) is 0 Å². The molecule has 0 unspecified atom stereocenters. The summed E-state index contributed by atoms with van der Waals surface area (Å²) in [6.45, 7) is 1.47. The van der Waals surface area contributed by atoms with Crippen molar-refractivity contribution in [3.05, 3.63) is 60.8 Å². The molecule has 0 saturated carbocycles. The molecule has 0 radical (unpaired) electrons. The second kappa shape index (κ2) is 7.29. The van der Waals surface area contributed by atoms with Crippen molar-refractivity contribution in [1.82, 2.24) is 8.87 Å². The lowest BCUT2D eigenvalue weighted by Gasteiger charge is -2.12. The molecule has 3 aromatic rings. The zero-order chi connectivity index (χ0) is 17.9. The highest BCUT2D eigenvalue weighted by atomic mass is 32.2. The van der Waals surface area contributed by atoms with Gasteiger partial charge in [-0.2, -0.15) is 0 Å². The number of rotatable bonds is 7. The largest absolute Gasteiger partial charge is 0.494 e. The number of nitrogens with zero attached hydrogens (tertiary/aromatic N) is 2. The van der Waals surface area contributed by atoms with E-state index >= 15 is 0 Å². The average molecular weight is 358 g/mol.